The van der Waals surface area contributed by atoms with E-state index in [2.05, 4.69) is 44.1 Å². The Morgan fingerprint density at radius 2 is 1.69 bits per heavy atom. The summed E-state index contributed by atoms with van der Waals surface area (Å²) < 4.78 is 17.0. The zero-order chi connectivity index (χ0) is 24.3. The quantitative estimate of drug-likeness (QED) is 0.397. The Morgan fingerprint density at radius 1 is 0.944 bits per heavy atom. The molecule has 0 bridgehead atoms. The van der Waals surface area contributed by atoms with E-state index >= 15 is 0 Å². The summed E-state index contributed by atoms with van der Waals surface area (Å²) in [5, 5.41) is 0. The minimum Gasteiger partial charge on any atom is -0.488 e. The van der Waals surface area contributed by atoms with Gasteiger partial charge < -0.3 is 24.9 Å². The van der Waals surface area contributed by atoms with Crippen molar-refractivity contribution in [2.24, 2.45) is 0 Å². The van der Waals surface area contributed by atoms with Gasteiger partial charge in [0.25, 0.3) is 0 Å². The molecule has 6 rings (SSSR count). The van der Waals surface area contributed by atoms with Crippen LogP contribution in [0.3, 0.4) is 0 Å². The minimum atomic E-state index is 0.131. The van der Waals surface area contributed by atoms with Crippen LogP contribution in [-0.4, -0.2) is 70.5 Å². The molecule has 2 aliphatic rings. The van der Waals surface area contributed by atoms with E-state index < -0.39 is 0 Å². The second-order valence-electron chi connectivity index (χ2n) is 9.27. The number of ether oxygens (including phenoxy) is 3. The summed E-state index contributed by atoms with van der Waals surface area (Å²) in [6.07, 6.45) is 3.43. The molecule has 2 aliphatic heterocycles. The first-order valence-corrected chi connectivity index (χ1v) is 12.5. The average Bonchev–Trinajstić information content (AvgIpc) is 3.36. The summed E-state index contributed by atoms with van der Waals surface area (Å²) in [7, 11) is 0. The lowest BCUT2D eigenvalue weighted by molar-refractivity contribution is 0.0259. The van der Waals surface area contributed by atoms with Crippen LogP contribution in [0.15, 0.2) is 48.8 Å². The first-order valence-electron chi connectivity index (χ1n) is 12.5. The number of nitrogens with one attached hydrogen (secondary N) is 1. The summed E-state index contributed by atoms with van der Waals surface area (Å²) >= 11 is 0. The second-order valence-corrected chi connectivity index (χ2v) is 9.27. The van der Waals surface area contributed by atoms with Gasteiger partial charge in [0.2, 0.25) is 0 Å². The number of hydrogen-bond acceptors (Lipinski definition) is 8. The summed E-state index contributed by atoms with van der Waals surface area (Å²) in [4.78, 5) is 19.6. The molecular weight excluding hydrogens is 456 g/mol. The summed E-state index contributed by atoms with van der Waals surface area (Å²) in [5.41, 5.74) is 12.2. The van der Waals surface area contributed by atoms with E-state index in [4.69, 9.17) is 24.9 Å². The summed E-state index contributed by atoms with van der Waals surface area (Å²) in [6.45, 7) is 5.92. The smallest absolute Gasteiger partial charge is 0.161 e. The van der Waals surface area contributed by atoms with Crippen molar-refractivity contribution in [1.29, 1.82) is 0 Å². The number of hydrogen-bond donors (Lipinski definition) is 2. The van der Waals surface area contributed by atoms with E-state index in [0.717, 1.165) is 81.5 Å². The van der Waals surface area contributed by atoms with Crippen molar-refractivity contribution in [3.05, 3.63) is 54.4 Å². The fraction of sp³-hybridized carbons (Fsp3) is 0.370. The van der Waals surface area contributed by atoms with Gasteiger partial charge >= 0.3 is 0 Å². The average molecular weight is 487 g/mol. The molecular formula is C27H30N6O3. The first kappa shape index (κ1) is 22.9. The molecule has 2 saturated heterocycles. The van der Waals surface area contributed by atoms with Crippen LogP contribution in [-0.2, 0) is 16.0 Å². The van der Waals surface area contributed by atoms with Gasteiger partial charge in [0, 0.05) is 43.6 Å². The van der Waals surface area contributed by atoms with E-state index in [0.29, 0.717) is 22.6 Å². The lowest BCUT2D eigenvalue weighted by Gasteiger charge is -2.26. The van der Waals surface area contributed by atoms with Crippen LogP contribution in [0, 0.1) is 0 Å². The topological polar surface area (TPSA) is 111 Å². The van der Waals surface area contributed by atoms with Crippen molar-refractivity contribution in [3.8, 4) is 28.4 Å². The van der Waals surface area contributed by atoms with Crippen LogP contribution < -0.4 is 10.5 Å². The van der Waals surface area contributed by atoms with Gasteiger partial charge in [0.05, 0.1) is 32.1 Å². The number of morpholine rings is 1. The molecule has 2 aromatic heterocycles. The van der Waals surface area contributed by atoms with E-state index in [9.17, 15) is 0 Å². The third-order valence-corrected chi connectivity index (χ3v) is 6.77. The van der Waals surface area contributed by atoms with Crippen molar-refractivity contribution in [3.63, 3.8) is 0 Å². The molecule has 4 aromatic rings. The monoisotopic (exact) mass is 486 g/mol. The molecule has 0 aliphatic carbocycles. The van der Waals surface area contributed by atoms with E-state index in [1.165, 1.54) is 5.56 Å². The SMILES string of the molecule is Nc1cc(-c2ncnc3[nH]c(-c4ccc(CN5CCOCC5)cc4)nc23)ccc1OC1CCOCC1. The van der Waals surface area contributed by atoms with Gasteiger partial charge in [-0.05, 0) is 23.8 Å². The molecule has 2 fully saturated rings. The van der Waals surface area contributed by atoms with Crippen LogP contribution in [0.1, 0.15) is 18.4 Å². The number of aromatic amines is 1. The number of nitrogen functional groups attached to an aromatic ring is 1. The normalized spacial score (nSPS) is 17.4. The molecule has 9 heteroatoms. The molecule has 0 saturated carbocycles. The Morgan fingerprint density at radius 3 is 2.47 bits per heavy atom. The largest absolute Gasteiger partial charge is 0.488 e. The van der Waals surface area contributed by atoms with Crippen molar-refractivity contribution < 1.29 is 14.2 Å². The Hall–Kier alpha value is -3.53. The van der Waals surface area contributed by atoms with Crippen molar-refractivity contribution in [1.82, 2.24) is 24.8 Å². The third-order valence-electron chi connectivity index (χ3n) is 6.77. The van der Waals surface area contributed by atoms with Gasteiger partial charge in [-0.1, -0.05) is 24.3 Å². The van der Waals surface area contributed by atoms with Gasteiger partial charge in [-0.2, -0.15) is 0 Å². The van der Waals surface area contributed by atoms with Crippen molar-refractivity contribution in [2.75, 3.05) is 45.3 Å². The maximum absolute atomic E-state index is 6.36. The molecule has 0 atom stereocenters. The molecule has 0 radical (unpaired) electrons. The van der Waals surface area contributed by atoms with Gasteiger partial charge in [0.1, 0.15) is 35.2 Å². The Labute approximate surface area is 209 Å². The molecule has 0 spiro atoms. The van der Waals surface area contributed by atoms with Crippen LogP contribution in [0.2, 0.25) is 0 Å². The highest BCUT2D eigenvalue weighted by atomic mass is 16.5. The highest BCUT2D eigenvalue weighted by molar-refractivity contribution is 5.90. The summed E-state index contributed by atoms with van der Waals surface area (Å²) in [6, 6.07) is 14.3. The predicted octanol–water partition coefficient (Wildman–Crippen LogP) is 3.66. The zero-order valence-corrected chi connectivity index (χ0v) is 20.2. The van der Waals surface area contributed by atoms with Gasteiger partial charge in [-0.15, -0.1) is 0 Å². The summed E-state index contributed by atoms with van der Waals surface area (Å²) in [5.74, 6) is 1.45. The third kappa shape index (κ3) is 4.90. The highest BCUT2D eigenvalue weighted by Crippen LogP contribution is 2.32. The number of anilines is 1. The number of fused-ring (bicyclic) bond motifs is 1. The molecule has 3 N–H and O–H groups in total. The fourth-order valence-corrected chi connectivity index (χ4v) is 4.74. The molecule has 186 valence electrons. The number of rotatable bonds is 6. The molecule has 0 amide bonds. The van der Waals surface area contributed by atoms with Gasteiger partial charge in [-0.3, -0.25) is 4.90 Å². The fourth-order valence-electron chi connectivity index (χ4n) is 4.74. The standard InChI is InChI=1S/C27H30N6O3/c28-22-15-20(5-6-23(22)36-21-7-11-34-12-8-21)24-25-27(30-17-29-24)32-26(31-25)19-3-1-18(2-4-19)16-33-9-13-35-14-10-33/h1-6,15,17,21H,7-14,16,28H2,(H,29,30,31,32). The van der Waals surface area contributed by atoms with E-state index in [-0.39, 0.29) is 6.10 Å². The Kier molecular flexibility index (Phi) is 6.50. The maximum Gasteiger partial charge on any atom is 0.161 e. The molecule has 9 nitrogen and oxygen atoms in total. The number of nitrogens with zero attached hydrogens (tertiary/aromatic N) is 4. The molecule has 2 aromatic carbocycles. The number of imidazole rings is 1. The van der Waals surface area contributed by atoms with E-state index in [1.807, 2.05) is 18.2 Å². The second kappa shape index (κ2) is 10.2. The van der Waals surface area contributed by atoms with Crippen LogP contribution in [0.25, 0.3) is 33.8 Å². The van der Waals surface area contributed by atoms with Crippen molar-refractivity contribution in [2.45, 2.75) is 25.5 Å². The molecule has 0 unspecified atom stereocenters. The Bertz CT molecular complexity index is 1330. The number of benzene rings is 2. The number of H-pyrrole nitrogens is 1. The van der Waals surface area contributed by atoms with Crippen LogP contribution >= 0.6 is 0 Å². The van der Waals surface area contributed by atoms with Gasteiger partial charge in [-0.25, -0.2) is 15.0 Å². The van der Waals surface area contributed by atoms with Crippen LogP contribution in [0.4, 0.5) is 5.69 Å². The maximum atomic E-state index is 6.36. The predicted molar refractivity (Wildman–Crippen MR) is 138 cm³/mol. The number of aromatic nitrogens is 4. The van der Waals surface area contributed by atoms with Gasteiger partial charge in [0.15, 0.2) is 5.65 Å². The number of nitrogens with two attached hydrogens (primary N) is 1. The molecule has 4 heterocycles. The van der Waals surface area contributed by atoms with Crippen LogP contribution in [0.5, 0.6) is 5.75 Å². The van der Waals surface area contributed by atoms with E-state index in [1.54, 1.807) is 6.33 Å². The lowest BCUT2D eigenvalue weighted by Crippen LogP contribution is -2.35. The molecule has 36 heavy (non-hydrogen) atoms. The zero-order valence-electron chi connectivity index (χ0n) is 20.2. The highest BCUT2D eigenvalue weighted by Gasteiger charge is 2.18. The van der Waals surface area contributed by atoms with Crippen molar-refractivity contribution >= 4 is 16.9 Å². The first-order chi connectivity index (χ1) is 17.7. The minimum absolute atomic E-state index is 0.131. The Balaban J connectivity index is 1.23. The lowest BCUT2D eigenvalue weighted by atomic mass is 10.1.